The largest absolute Gasteiger partial charge is 0.497 e. The van der Waals surface area contributed by atoms with Crippen LogP contribution >= 0.6 is 0 Å². The summed E-state index contributed by atoms with van der Waals surface area (Å²) in [5, 5.41) is 0. The lowest BCUT2D eigenvalue weighted by molar-refractivity contribution is 0.410. The lowest BCUT2D eigenvalue weighted by Gasteiger charge is -2.13. The molecule has 1 atom stereocenters. The number of hydrogen-bond donors (Lipinski definition) is 1. The van der Waals surface area contributed by atoms with Crippen LogP contribution in [-0.4, -0.2) is 7.11 Å². The van der Waals surface area contributed by atoms with Crippen molar-refractivity contribution in [3.8, 4) is 5.75 Å². The number of methoxy groups -OCH3 is 1. The fourth-order valence-corrected chi connectivity index (χ4v) is 1.49. The highest BCUT2D eigenvalue weighted by molar-refractivity contribution is 5.30. The van der Waals surface area contributed by atoms with Gasteiger partial charge in [0.25, 0.3) is 0 Å². The molecule has 0 aliphatic rings. The number of nitrogens with two attached hydrogens (primary N) is 1. The van der Waals surface area contributed by atoms with Gasteiger partial charge in [0.1, 0.15) is 11.6 Å². The van der Waals surface area contributed by atoms with Crippen molar-refractivity contribution < 1.29 is 9.13 Å². The molecule has 1 rings (SSSR count). The van der Waals surface area contributed by atoms with Gasteiger partial charge in [0, 0.05) is 17.7 Å². The second-order valence-electron chi connectivity index (χ2n) is 3.99. The van der Waals surface area contributed by atoms with E-state index in [2.05, 4.69) is 6.58 Å². The molecule has 0 saturated carbocycles. The smallest absolute Gasteiger partial charge is 0.131 e. The first-order chi connectivity index (χ1) is 7.54. The van der Waals surface area contributed by atoms with Gasteiger partial charge in [0.2, 0.25) is 0 Å². The van der Waals surface area contributed by atoms with Gasteiger partial charge in [-0.15, -0.1) is 6.58 Å². The van der Waals surface area contributed by atoms with Crippen LogP contribution in [0, 0.1) is 5.82 Å². The predicted molar refractivity (Wildman–Crippen MR) is 63.9 cm³/mol. The third-order valence-electron chi connectivity index (χ3n) is 2.49. The molecule has 0 fully saturated rings. The average molecular weight is 223 g/mol. The van der Waals surface area contributed by atoms with E-state index in [1.807, 2.05) is 6.92 Å². The molecule has 2 N–H and O–H groups in total. The van der Waals surface area contributed by atoms with Gasteiger partial charge in [0.15, 0.2) is 0 Å². The van der Waals surface area contributed by atoms with Crippen molar-refractivity contribution >= 4 is 0 Å². The van der Waals surface area contributed by atoms with E-state index in [1.165, 1.54) is 13.2 Å². The maximum Gasteiger partial charge on any atom is 0.131 e. The quantitative estimate of drug-likeness (QED) is 0.778. The SMILES string of the molecule is C=C(C)CCC(N)c1ccc(OC)cc1F. The van der Waals surface area contributed by atoms with Crippen LogP contribution in [0.5, 0.6) is 5.75 Å². The van der Waals surface area contributed by atoms with Crippen LogP contribution in [-0.2, 0) is 0 Å². The Morgan fingerprint density at radius 2 is 2.25 bits per heavy atom. The zero-order valence-electron chi connectivity index (χ0n) is 9.79. The van der Waals surface area contributed by atoms with E-state index in [-0.39, 0.29) is 11.9 Å². The number of rotatable bonds is 5. The first-order valence-electron chi connectivity index (χ1n) is 5.28. The van der Waals surface area contributed by atoms with Crippen LogP contribution < -0.4 is 10.5 Å². The van der Waals surface area contributed by atoms with Crippen molar-refractivity contribution in [2.45, 2.75) is 25.8 Å². The maximum atomic E-state index is 13.6. The molecule has 0 saturated heterocycles. The Bertz CT molecular complexity index is 376. The minimum absolute atomic E-state index is 0.289. The normalized spacial score (nSPS) is 12.2. The van der Waals surface area contributed by atoms with Crippen molar-refractivity contribution in [1.29, 1.82) is 0 Å². The van der Waals surface area contributed by atoms with Gasteiger partial charge in [-0.05, 0) is 25.8 Å². The predicted octanol–water partition coefficient (Wildman–Crippen LogP) is 3.19. The topological polar surface area (TPSA) is 35.2 Å². The molecule has 0 aliphatic carbocycles. The molecule has 1 aromatic rings. The van der Waals surface area contributed by atoms with Gasteiger partial charge in [0.05, 0.1) is 7.11 Å². The summed E-state index contributed by atoms with van der Waals surface area (Å²) in [7, 11) is 1.51. The van der Waals surface area contributed by atoms with Gasteiger partial charge in [-0.25, -0.2) is 4.39 Å². The van der Waals surface area contributed by atoms with Gasteiger partial charge >= 0.3 is 0 Å². The Morgan fingerprint density at radius 3 is 2.75 bits per heavy atom. The third kappa shape index (κ3) is 3.35. The van der Waals surface area contributed by atoms with Gasteiger partial charge in [-0.1, -0.05) is 11.6 Å². The summed E-state index contributed by atoms with van der Waals surface area (Å²) in [5.41, 5.74) is 7.50. The maximum absolute atomic E-state index is 13.6. The molecule has 0 radical (unpaired) electrons. The van der Waals surface area contributed by atoms with Crippen LogP contribution in [0.4, 0.5) is 4.39 Å². The van der Waals surface area contributed by atoms with E-state index in [4.69, 9.17) is 10.5 Å². The molecule has 0 aliphatic heterocycles. The summed E-state index contributed by atoms with van der Waals surface area (Å²) < 4.78 is 18.6. The highest BCUT2D eigenvalue weighted by Gasteiger charge is 2.11. The molecule has 16 heavy (non-hydrogen) atoms. The zero-order chi connectivity index (χ0) is 12.1. The van der Waals surface area contributed by atoms with Crippen molar-refractivity contribution in [3.05, 3.63) is 41.7 Å². The van der Waals surface area contributed by atoms with Gasteiger partial charge in [-0.2, -0.15) is 0 Å². The highest BCUT2D eigenvalue weighted by Crippen LogP contribution is 2.24. The van der Waals surface area contributed by atoms with Gasteiger partial charge in [-0.3, -0.25) is 0 Å². The summed E-state index contributed by atoms with van der Waals surface area (Å²) in [5.74, 6) is 0.196. The lowest BCUT2D eigenvalue weighted by atomic mass is 10.0. The molecule has 0 heterocycles. The molecule has 88 valence electrons. The fourth-order valence-electron chi connectivity index (χ4n) is 1.49. The standard InChI is InChI=1S/C13H18FNO/c1-9(2)4-7-13(15)11-6-5-10(16-3)8-12(11)14/h5-6,8,13H,1,4,7,15H2,2-3H3. The van der Waals surface area contributed by atoms with Crippen molar-refractivity contribution in [2.75, 3.05) is 7.11 Å². The summed E-state index contributed by atoms with van der Waals surface area (Å²) in [6.45, 7) is 5.74. The van der Waals surface area contributed by atoms with Crippen molar-refractivity contribution in [3.63, 3.8) is 0 Å². The Balaban J connectivity index is 2.75. The fraction of sp³-hybridized carbons (Fsp3) is 0.385. The van der Waals surface area contributed by atoms with Crippen LogP contribution in [0.3, 0.4) is 0 Å². The Hall–Kier alpha value is -1.35. The minimum atomic E-state index is -0.312. The molecule has 0 spiro atoms. The molecule has 1 unspecified atom stereocenters. The van der Waals surface area contributed by atoms with Crippen molar-refractivity contribution in [1.82, 2.24) is 0 Å². The van der Waals surface area contributed by atoms with Crippen LogP contribution in [0.15, 0.2) is 30.4 Å². The van der Waals surface area contributed by atoms with E-state index >= 15 is 0 Å². The van der Waals surface area contributed by atoms with Crippen LogP contribution in [0.1, 0.15) is 31.4 Å². The van der Waals surface area contributed by atoms with Gasteiger partial charge < -0.3 is 10.5 Å². The van der Waals surface area contributed by atoms with Crippen molar-refractivity contribution in [2.24, 2.45) is 5.73 Å². The van der Waals surface area contributed by atoms with E-state index in [9.17, 15) is 4.39 Å². The zero-order valence-corrected chi connectivity index (χ0v) is 9.79. The number of allylic oxidation sites excluding steroid dienone is 1. The molecule has 0 aromatic heterocycles. The minimum Gasteiger partial charge on any atom is -0.497 e. The van der Waals surface area contributed by atoms with E-state index in [0.29, 0.717) is 17.7 Å². The number of hydrogen-bond acceptors (Lipinski definition) is 2. The number of benzene rings is 1. The molecular formula is C13H18FNO. The second kappa shape index (κ2) is 5.66. The summed E-state index contributed by atoms with van der Waals surface area (Å²) in [4.78, 5) is 0. The summed E-state index contributed by atoms with van der Waals surface area (Å²) in [6, 6.07) is 4.47. The molecular weight excluding hydrogens is 205 g/mol. The first-order valence-corrected chi connectivity index (χ1v) is 5.28. The molecule has 2 nitrogen and oxygen atoms in total. The van der Waals surface area contributed by atoms with E-state index in [0.717, 1.165) is 12.0 Å². The van der Waals surface area contributed by atoms with E-state index < -0.39 is 0 Å². The van der Waals surface area contributed by atoms with Crippen LogP contribution in [0.2, 0.25) is 0 Å². The first kappa shape index (κ1) is 12.7. The summed E-state index contributed by atoms with van der Waals surface area (Å²) in [6.07, 6.45) is 1.52. The lowest BCUT2D eigenvalue weighted by Crippen LogP contribution is -2.12. The van der Waals surface area contributed by atoms with Crippen LogP contribution in [0.25, 0.3) is 0 Å². The number of ether oxygens (including phenoxy) is 1. The Labute approximate surface area is 95.9 Å². The Morgan fingerprint density at radius 1 is 1.56 bits per heavy atom. The molecule has 1 aromatic carbocycles. The molecule has 3 heteroatoms. The molecule has 0 bridgehead atoms. The molecule has 0 amide bonds. The highest BCUT2D eigenvalue weighted by atomic mass is 19.1. The third-order valence-corrected chi connectivity index (χ3v) is 2.49. The monoisotopic (exact) mass is 223 g/mol. The summed E-state index contributed by atoms with van der Waals surface area (Å²) >= 11 is 0. The Kier molecular flexibility index (Phi) is 4.50. The van der Waals surface area contributed by atoms with E-state index in [1.54, 1.807) is 12.1 Å². The second-order valence-corrected chi connectivity index (χ2v) is 3.99. The average Bonchev–Trinajstić information content (AvgIpc) is 2.25. The number of halogens is 1.